The lowest BCUT2D eigenvalue weighted by Crippen LogP contribution is -2.42. The predicted molar refractivity (Wildman–Crippen MR) is 92.4 cm³/mol. The standard InChI is InChI=1S/C16H26N4O5S/c21-26(22,12-14-11-24-9-10-25-14)19-4-1-15-17-16(18-20(15)6-5-19)13-2-7-23-8-3-13/h13-14H,1-12H2. The van der Waals surface area contributed by atoms with E-state index in [1.807, 2.05) is 4.68 Å². The Morgan fingerprint density at radius 3 is 2.65 bits per heavy atom. The zero-order valence-electron chi connectivity index (χ0n) is 14.9. The highest BCUT2D eigenvalue weighted by Crippen LogP contribution is 2.25. The molecule has 3 aliphatic heterocycles. The third kappa shape index (κ3) is 4.09. The summed E-state index contributed by atoms with van der Waals surface area (Å²) < 4.78 is 45.1. The van der Waals surface area contributed by atoms with Crippen molar-refractivity contribution in [2.45, 2.75) is 37.8 Å². The summed E-state index contributed by atoms with van der Waals surface area (Å²) in [6.45, 7) is 4.22. The summed E-state index contributed by atoms with van der Waals surface area (Å²) in [5.41, 5.74) is 0. The van der Waals surface area contributed by atoms with Gasteiger partial charge >= 0.3 is 0 Å². The number of aromatic nitrogens is 3. The molecule has 0 aromatic carbocycles. The molecule has 146 valence electrons. The summed E-state index contributed by atoms with van der Waals surface area (Å²) >= 11 is 0. The number of hydrogen-bond acceptors (Lipinski definition) is 7. The molecule has 4 rings (SSSR count). The molecule has 0 aliphatic carbocycles. The van der Waals surface area contributed by atoms with Gasteiger partial charge in [-0.25, -0.2) is 18.1 Å². The second kappa shape index (κ2) is 7.89. The minimum absolute atomic E-state index is 0.0317. The first kappa shape index (κ1) is 18.3. The summed E-state index contributed by atoms with van der Waals surface area (Å²) in [7, 11) is -3.39. The smallest absolute Gasteiger partial charge is 0.216 e. The van der Waals surface area contributed by atoms with Gasteiger partial charge in [0.2, 0.25) is 10.0 Å². The average molecular weight is 386 g/mol. The molecule has 1 atom stereocenters. The third-order valence-corrected chi connectivity index (χ3v) is 7.12. The molecule has 0 amide bonds. The number of sulfonamides is 1. The molecule has 2 saturated heterocycles. The molecule has 1 aromatic heterocycles. The van der Waals surface area contributed by atoms with Gasteiger partial charge in [-0.2, -0.15) is 9.40 Å². The maximum atomic E-state index is 12.7. The van der Waals surface area contributed by atoms with Gasteiger partial charge in [-0.3, -0.25) is 0 Å². The second-order valence-corrected chi connectivity index (χ2v) is 9.00. The van der Waals surface area contributed by atoms with Gasteiger partial charge in [-0.15, -0.1) is 0 Å². The normalized spacial score (nSPS) is 26.4. The van der Waals surface area contributed by atoms with Gasteiger partial charge in [0.1, 0.15) is 5.82 Å². The van der Waals surface area contributed by atoms with Gasteiger partial charge in [0.05, 0.1) is 38.2 Å². The molecule has 0 bridgehead atoms. The summed E-state index contributed by atoms with van der Waals surface area (Å²) in [6, 6.07) is 0. The Kier molecular flexibility index (Phi) is 5.55. The molecule has 0 N–H and O–H groups in total. The van der Waals surface area contributed by atoms with Gasteiger partial charge < -0.3 is 14.2 Å². The van der Waals surface area contributed by atoms with Crippen LogP contribution in [0.1, 0.15) is 30.4 Å². The quantitative estimate of drug-likeness (QED) is 0.706. The number of fused-ring (bicyclic) bond motifs is 1. The highest BCUT2D eigenvalue weighted by molar-refractivity contribution is 7.89. The van der Waals surface area contributed by atoms with Crippen molar-refractivity contribution >= 4 is 10.0 Å². The van der Waals surface area contributed by atoms with Crippen molar-refractivity contribution in [3.63, 3.8) is 0 Å². The van der Waals surface area contributed by atoms with Gasteiger partial charge in [0.25, 0.3) is 0 Å². The van der Waals surface area contributed by atoms with Crippen LogP contribution in [0.5, 0.6) is 0 Å². The number of ether oxygens (including phenoxy) is 3. The predicted octanol–water partition coefficient (Wildman–Crippen LogP) is -0.225. The van der Waals surface area contributed by atoms with E-state index in [1.165, 1.54) is 4.31 Å². The maximum Gasteiger partial charge on any atom is 0.216 e. The van der Waals surface area contributed by atoms with Crippen molar-refractivity contribution in [1.29, 1.82) is 0 Å². The minimum atomic E-state index is -3.39. The molecule has 0 radical (unpaired) electrons. The van der Waals surface area contributed by atoms with E-state index in [-0.39, 0.29) is 11.9 Å². The fourth-order valence-corrected chi connectivity index (χ4v) is 5.28. The van der Waals surface area contributed by atoms with E-state index in [1.54, 1.807) is 0 Å². The number of nitrogens with zero attached hydrogens (tertiary/aromatic N) is 4. The maximum absolute atomic E-state index is 12.7. The van der Waals surface area contributed by atoms with Gasteiger partial charge in [0.15, 0.2) is 5.82 Å². The first-order valence-electron chi connectivity index (χ1n) is 9.30. The molecule has 0 saturated carbocycles. The Labute approximate surface area is 153 Å². The first-order chi connectivity index (χ1) is 12.6. The molecule has 26 heavy (non-hydrogen) atoms. The molecule has 2 fully saturated rings. The molecule has 10 heteroatoms. The van der Waals surface area contributed by atoms with Crippen LogP contribution in [0.25, 0.3) is 0 Å². The average Bonchev–Trinajstić information content (AvgIpc) is 2.95. The molecule has 1 aromatic rings. The van der Waals surface area contributed by atoms with Crippen LogP contribution in [0, 0.1) is 0 Å². The van der Waals surface area contributed by atoms with Crippen LogP contribution in [0.15, 0.2) is 0 Å². The molecule has 1 unspecified atom stereocenters. The van der Waals surface area contributed by atoms with E-state index in [2.05, 4.69) is 5.10 Å². The number of rotatable bonds is 4. The zero-order chi connectivity index (χ0) is 18.0. The lowest BCUT2D eigenvalue weighted by atomic mass is 10.00. The Hall–Kier alpha value is -1.07. The van der Waals surface area contributed by atoms with E-state index in [4.69, 9.17) is 19.2 Å². The highest BCUT2D eigenvalue weighted by Gasteiger charge is 2.31. The molecule has 9 nitrogen and oxygen atoms in total. The van der Waals surface area contributed by atoms with E-state index < -0.39 is 10.0 Å². The van der Waals surface area contributed by atoms with E-state index in [0.717, 1.165) is 37.7 Å². The van der Waals surface area contributed by atoms with Crippen LogP contribution in [0.4, 0.5) is 0 Å². The highest BCUT2D eigenvalue weighted by atomic mass is 32.2. The second-order valence-electron chi connectivity index (χ2n) is 6.99. The lowest BCUT2D eigenvalue weighted by Gasteiger charge is -2.26. The van der Waals surface area contributed by atoms with Gasteiger partial charge in [-0.05, 0) is 12.8 Å². The molecular formula is C16H26N4O5S. The Morgan fingerprint density at radius 1 is 1.04 bits per heavy atom. The lowest BCUT2D eigenvalue weighted by molar-refractivity contribution is -0.0785. The summed E-state index contributed by atoms with van der Waals surface area (Å²) in [5, 5.41) is 4.65. The van der Waals surface area contributed by atoms with E-state index in [9.17, 15) is 8.42 Å². The SMILES string of the molecule is O=S(=O)(CC1COCCO1)N1CCc2nc(C3CCOCC3)nn2CC1. The van der Waals surface area contributed by atoms with E-state index >= 15 is 0 Å². The van der Waals surface area contributed by atoms with Crippen molar-refractivity contribution in [1.82, 2.24) is 19.1 Å². The fourth-order valence-electron chi connectivity index (χ4n) is 3.68. The summed E-state index contributed by atoms with van der Waals surface area (Å²) in [6.07, 6.45) is 2.10. The fraction of sp³-hybridized carbons (Fsp3) is 0.875. The van der Waals surface area contributed by atoms with Crippen LogP contribution in [0.2, 0.25) is 0 Å². The Balaban J connectivity index is 1.39. The largest absolute Gasteiger partial charge is 0.381 e. The topological polar surface area (TPSA) is 95.8 Å². The molecule has 3 aliphatic rings. The van der Waals surface area contributed by atoms with Crippen LogP contribution >= 0.6 is 0 Å². The van der Waals surface area contributed by atoms with E-state index in [0.29, 0.717) is 51.8 Å². The Morgan fingerprint density at radius 2 is 1.88 bits per heavy atom. The Bertz CT molecular complexity index is 685. The van der Waals surface area contributed by atoms with Crippen LogP contribution in [-0.2, 0) is 37.2 Å². The van der Waals surface area contributed by atoms with Crippen molar-refractivity contribution < 1.29 is 22.6 Å². The summed E-state index contributed by atoms with van der Waals surface area (Å²) in [4.78, 5) is 4.70. The molecule has 0 spiro atoms. The van der Waals surface area contributed by atoms with Crippen LogP contribution in [0.3, 0.4) is 0 Å². The van der Waals surface area contributed by atoms with Crippen LogP contribution in [-0.4, -0.2) is 85.5 Å². The van der Waals surface area contributed by atoms with Crippen molar-refractivity contribution in [3.05, 3.63) is 11.6 Å². The number of hydrogen-bond donors (Lipinski definition) is 0. The monoisotopic (exact) mass is 386 g/mol. The zero-order valence-corrected chi connectivity index (χ0v) is 15.7. The van der Waals surface area contributed by atoms with Crippen molar-refractivity contribution in [2.75, 3.05) is 51.9 Å². The van der Waals surface area contributed by atoms with Crippen LogP contribution < -0.4 is 0 Å². The minimum Gasteiger partial charge on any atom is -0.381 e. The van der Waals surface area contributed by atoms with Gasteiger partial charge in [0, 0.05) is 38.6 Å². The van der Waals surface area contributed by atoms with Crippen molar-refractivity contribution in [2.24, 2.45) is 0 Å². The van der Waals surface area contributed by atoms with Gasteiger partial charge in [-0.1, -0.05) is 0 Å². The van der Waals surface area contributed by atoms with Crippen molar-refractivity contribution in [3.8, 4) is 0 Å². The third-order valence-electron chi connectivity index (χ3n) is 5.17. The molecule has 4 heterocycles. The molecular weight excluding hydrogens is 360 g/mol. The summed E-state index contributed by atoms with van der Waals surface area (Å²) in [5.74, 6) is 2.08. The first-order valence-corrected chi connectivity index (χ1v) is 10.9.